The lowest BCUT2D eigenvalue weighted by Crippen LogP contribution is -2.47. The summed E-state index contributed by atoms with van der Waals surface area (Å²) >= 11 is 3.29. The maximum absolute atomic E-state index is 12.6. The van der Waals surface area contributed by atoms with Gasteiger partial charge in [0.05, 0.1) is 6.26 Å². The Hall–Kier alpha value is -2.87. The zero-order valence-corrected chi connectivity index (χ0v) is 16.3. The minimum atomic E-state index is -1.16. The zero-order chi connectivity index (χ0) is 20.0. The van der Waals surface area contributed by atoms with E-state index in [-0.39, 0.29) is 11.6 Å². The van der Waals surface area contributed by atoms with Gasteiger partial charge in [-0.3, -0.25) is 9.59 Å². The summed E-state index contributed by atoms with van der Waals surface area (Å²) in [6.45, 7) is 3.35. The molecule has 2 amide bonds. The summed E-state index contributed by atoms with van der Waals surface area (Å²) in [6, 6.07) is 8.73. The van der Waals surface area contributed by atoms with Crippen LogP contribution in [-0.2, 0) is 9.59 Å². The lowest BCUT2D eigenvalue weighted by atomic mass is 10.0. The van der Waals surface area contributed by atoms with Crippen molar-refractivity contribution in [2.45, 2.75) is 19.9 Å². The Morgan fingerprint density at radius 3 is 2.33 bits per heavy atom. The second kappa shape index (κ2) is 9.18. The third kappa shape index (κ3) is 5.82. The van der Waals surface area contributed by atoms with Gasteiger partial charge in [0.25, 0.3) is 11.8 Å². The number of halogens is 1. The summed E-state index contributed by atoms with van der Waals surface area (Å²) in [5.41, 5.74) is 0.222. The van der Waals surface area contributed by atoms with Crippen molar-refractivity contribution >= 4 is 39.8 Å². The normalized spacial score (nSPS) is 12.5. The van der Waals surface area contributed by atoms with Gasteiger partial charge in [0.1, 0.15) is 17.5 Å². The molecule has 27 heavy (non-hydrogen) atoms. The molecular weight excluding hydrogens is 416 g/mol. The van der Waals surface area contributed by atoms with Crippen LogP contribution in [0.2, 0.25) is 0 Å². The van der Waals surface area contributed by atoms with E-state index in [4.69, 9.17) is 4.42 Å². The van der Waals surface area contributed by atoms with Gasteiger partial charge in [-0.2, -0.15) is 0 Å². The predicted molar refractivity (Wildman–Crippen MR) is 103 cm³/mol. The van der Waals surface area contributed by atoms with Crippen molar-refractivity contribution < 1.29 is 23.9 Å². The molecule has 1 heterocycles. The minimum absolute atomic E-state index is 0.121. The molecule has 1 aromatic heterocycles. The van der Waals surface area contributed by atoms with Crippen molar-refractivity contribution in [1.82, 2.24) is 10.6 Å². The number of hydrogen-bond acceptors (Lipinski definition) is 4. The van der Waals surface area contributed by atoms with Crippen LogP contribution in [-0.4, -0.2) is 28.9 Å². The number of carbonyl (C=O) groups is 3. The molecule has 0 fully saturated rings. The first kappa shape index (κ1) is 20.4. The average Bonchev–Trinajstić information content (AvgIpc) is 3.11. The number of carboxylic acids is 1. The Bertz CT molecular complexity index is 841. The molecule has 1 atom stereocenters. The number of rotatable bonds is 7. The van der Waals surface area contributed by atoms with Crippen LogP contribution in [0.4, 0.5) is 0 Å². The van der Waals surface area contributed by atoms with E-state index >= 15 is 0 Å². The van der Waals surface area contributed by atoms with Crippen molar-refractivity contribution in [2.24, 2.45) is 5.92 Å². The summed E-state index contributed by atoms with van der Waals surface area (Å²) in [4.78, 5) is 36.4. The molecule has 8 heteroatoms. The number of hydrogen-bond donors (Lipinski definition) is 3. The lowest BCUT2D eigenvalue weighted by molar-refractivity contribution is -0.142. The van der Waals surface area contributed by atoms with Crippen LogP contribution in [0.1, 0.15) is 30.0 Å². The number of aliphatic carboxylic acids is 1. The van der Waals surface area contributed by atoms with E-state index < -0.39 is 23.8 Å². The topological polar surface area (TPSA) is 109 Å². The standard InChI is InChI=1S/C19H19BrN2O5/c1-11(2)16(19(25)26)22-18(24)15(10-14-4-3-9-27-14)21-17(23)12-5-7-13(20)8-6-12/h3-11,16H,1-2H3,(H,21,23)(H,22,24)(H,25,26)/b15-10-/t16-/m0/s1. The highest BCUT2D eigenvalue weighted by atomic mass is 79.9. The SMILES string of the molecule is CC(C)[C@H](NC(=O)/C(=C/c1ccco1)NC(=O)c1ccc(Br)cc1)C(=O)O. The highest BCUT2D eigenvalue weighted by Crippen LogP contribution is 2.12. The molecule has 0 saturated heterocycles. The molecule has 3 N–H and O–H groups in total. The van der Waals surface area contributed by atoms with Gasteiger partial charge in [0.2, 0.25) is 0 Å². The van der Waals surface area contributed by atoms with E-state index in [0.717, 1.165) is 4.47 Å². The molecule has 0 spiro atoms. The third-order valence-corrected chi connectivity index (χ3v) is 4.18. The Kier molecular flexibility index (Phi) is 6.95. The zero-order valence-electron chi connectivity index (χ0n) is 14.7. The maximum atomic E-state index is 12.6. The van der Waals surface area contributed by atoms with E-state index in [1.54, 1.807) is 50.2 Å². The van der Waals surface area contributed by atoms with Crippen LogP contribution in [0.5, 0.6) is 0 Å². The molecule has 0 bridgehead atoms. The predicted octanol–water partition coefficient (Wildman–Crippen LogP) is 3.04. The van der Waals surface area contributed by atoms with Gasteiger partial charge >= 0.3 is 5.97 Å². The third-order valence-electron chi connectivity index (χ3n) is 3.65. The first-order chi connectivity index (χ1) is 12.8. The van der Waals surface area contributed by atoms with Crippen LogP contribution in [0.15, 0.2) is 57.2 Å². The number of nitrogens with one attached hydrogen (secondary N) is 2. The van der Waals surface area contributed by atoms with Crippen LogP contribution in [0.25, 0.3) is 6.08 Å². The summed E-state index contributed by atoms with van der Waals surface area (Å²) < 4.78 is 6.00. The van der Waals surface area contributed by atoms with E-state index in [1.165, 1.54) is 12.3 Å². The second-order valence-corrected chi connectivity index (χ2v) is 6.98. The van der Waals surface area contributed by atoms with Crippen LogP contribution in [0.3, 0.4) is 0 Å². The number of carbonyl (C=O) groups excluding carboxylic acids is 2. The van der Waals surface area contributed by atoms with Gasteiger partial charge in [-0.25, -0.2) is 4.79 Å². The number of benzene rings is 1. The fraction of sp³-hybridized carbons (Fsp3) is 0.211. The van der Waals surface area contributed by atoms with Gasteiger partial charge in [0.15, 0.2) is 0 Å². The van der Waals surface area contributed by atoms with Crippen molar-refractivity contribution in [2.75, 3.05) is 0 Å². The lowest BCUT2D eigenvalue weighted by Gasteiger charge is -2.19. The summed E-state index contributed by atoms with van der Waals surface area (Å²) in [5, 5.41) is 14.2. The fourth-order valence-electron chi connectivity index (χ4n) is 2.20. The summed E-state index contributed by atoms with van der Waals surface area (Å²) in [7, 11) is 0. The molecule has 7 nitrogen and oxygen atoms in total. The molecule has 0 unspecified atom stereocenters. The quantitative estimate of drug-likeness (QED) is 0.580. The van der Waals surface area contributed by atoms with Crippen LogP contribution < -0.4 is 10.6 Å². The molecule has 0 aliphatic heterocycles. The molecule has 0 aliphatic carbocycles. The van der Waals surface area contributed by atoms with Gasteiger partial charge in [-0.15, -0.1) is 0 Å². The average molecular weight is 435 g/mol. The molecule has 1 aromatic carbocycles. The molecule has 0 radical (unpaired) electrons. The Morgan fingerprint density at radius 1 is 1.15 bits per heavy atom. The monoisotopic (exact) mass is 434 g/mol. The highest BCUT2D eigenvalue weighted by molar-refractivity contribution is 9.10. The largest absolute Gasteiger partial charge is 0.480 e. The number of amides is 2. The molecule has 2 aromatic rings. The van der Waals surface area contributed by atoms with Crippen molar-refractivity contribution in [3.05, 3.63) is 64.2 Å². The Labute approximate surface area is 164 Å². The smallest absolute Gasteiger partial charge is 0.326 e. The number of carboxylic acid groups (broad SMARTS) is 1. The van der Waals surface area contributed by atoms with E-state index in [1.807, 2.05) is 0 Å². The van der Waals surface area contributed by atoms with Crippen LogP contribution in [0, 0.1) is 5.92 Å². The fourth-order valence-corrected chi connectivity index (χ4v) is 2.47. The van der Waals surface area contributed by atoms with E-state index in [0.29, 0.717) is 11.3 Å². The Balaban J connectivity index is 2.26. The van der Waals surface area contributed by atoms with Gasteiger partial charge in [-0.1, -0.05) is 29.8 Å². The Morgan fingerprint density at radius 2 is 1.81 bits per heavy atom. The summed E-state index contributed by atoms with van der Waals surface area (Å²) in [6.07, 6.45) is 2.76. The maximum Gasteiger partial charge on any atom is 0.326 e. The van der Waals surface area contributed by atoms with Gasteiger partial charge in [0, 0.05) is 16.1 Å². The molecule has 0 aliphatic rings. The van der Waals surface area contributed by atoms with E-state index in [9.17, 15) is 19.5 Å². The van der Waals surface area contributed by atoms with Gasteiger partial charge in [-0.05, 0) is 42.3 Å². The molecule has 0 saturated carbocycles. The van der Waals surface area contributed by atoms with Crippen molar-refractivity contribution in [1.29, 1.82) is 0 Å². The first-order valence-electron chi connectivity index (χ1n) is 8.13. The summed E-state index contributed by atoms with van der Waals surface area (Å²) in [5.74, 6) is -2.38. The van der Waals surface area contributed by atoms with Crippen molar-refractivity contribution in [3.8, 4) is 0 Å². The second-order valence-electron chi connectivity index (χ2n) is 6.07. The number of furan rings is 1. The van der Waals surface area contributed by atoms with Crippen LogP contribution >= 0.6 is 15.9 Å². The molecule has 2 rings (SSSR count). The van der Waals surface area contributed by atoms with E-state index in [2.05, 4.69) is 26.6 Å². The minimum Gasteiger partial charge on any atom is -0.480 e. The van der Waals surface area contributed by atoms with Gasteiger partial charge < -0.3 is 20.2 Å². The molecular formula is C19H19BrN2O5. The highest BCUT2D eigenvalue weighted by Gasteiger charge is 2.26. The molecule has 142 valence electrons. The van der Waals surface area contributed by atoms with Crippen molar-refractivity contribution in [3.63, 3.8) is 0 Å². The first-order valence-corrected chi connectivity index (χ1v) is 8.93.